The molecule has 7 atom stereocenters. The Bertz CT molecular complexity index is 1230. The van der Waals surface area contributed by atoms with Crippen LogP contribution in [0.25, 0.3) is 0 Å². The summed E-state index contributed by atoms with van der Waals surface area (Å²) < 4.78 is 18.6. The first-order valence-electron chi connectivity index (χ1n) is 12.5. The van der Waals surface area contributed by atoms with E-state index in [0.29, 0.717) is 16.7 Å². The second kappa shape index (κ2) is 7.89. The van der Waals surface area contributed by atoms with Crippen molar-refractivity contribution in [3.63, 3.8) is 0 Å². The predicted molar refractivity (Wildman–Crippen MR) is 130 cm³/mol. The first-order valence-corrected chi connectivity index (χ1v) is 12.5. The Balaban J connectivity index is 1.69. The van der Waals surface area contributed by atoms with Gasteiger partial charge in [-0.05, 0) is 31.6 Å². The molecule has 0 bridgehead atoms. The Labute approximate surface area is 210 Å². The maximum atomic E-state index is 13.3. The zero-order valence-corrected chi connectivity index (χ0v) is 21.5. The molecule has 0 radical (unpaired) electrons. The molecule has 1 heterocycles. The minimum absolute atomic E-state index is 0.00681. The third-order valence-corrected chi connectivity index (χ3v) is 9.08. The number of esters is 3. The Kier molecular flexibility index (Phi) is 5.36. The number of benzene rings is 1. The number of rotatable bonds is 4. The lowest BCUT2D eigenvalue weighted by molar-refractivity contribution is -0.223. The van der Waals surface area contributed by atoms with Crippen molar-refractivity contribution in [2.75, 3.05) is 0 Å². The lowest BCUT2D eigenvalue weighted by Gasteiger charge is -2.55. The zero-order chi connectivity index (χ0) is 26.2. The monoisotopic (exact) mass is 492 g/mol. The summed E-state index contributed by atoms with van der Waals surface area (Å²) in [7, 11) is 0. The topological polar surface area (TPSA) is 96.0 Å². The molecule has 3 aliphatic carbocycles. The summed E-state index contributed by atoms with van der Waals surface area (Å²) in [5, 5.41) is 0. The molecule has 2 saturated carbocycles. The Morgan fingerprint density at radius 2 is 1.69 bits per heavy atom. The van der Waals surface area contributed by atoms with Gasteiger partial charge in [0.25, 0.3) is 0 Å². The minimum Gasteiger partial charge on any atom is -0.454 e. The predicted octanol–water partition coefficient (Wildman–Crippen LogP) is 4.21. The van der Waals surface area contributed by atoms with Gasteiger partial charge >= 0.3 is 17.9 Å². The van der Waals surface area contributed by atoms with E-state index in [-0.39, 0.29) is 30.0 Å². The molecule has 0 N–H and O–H groups in total. The van der Waals surface area contributed by atoms with E-state index in [2.05, 4.69) is 0 Å². The molecule has 1 aromatic rings. The fourth-order valence-electron chi connectivity index (χ4n) is 7.40. The quantitative estimate of drug-likeness (QED) is 0.459. The van der Waals surface area contributed by atoms with Gasteiger partial charge in [0.05, 0.1) is 5.56 Å². The highest BCUT2D eigenvalue weighted by Crippen LogP contribution is 2.77. The van der Waals surface area contributed by atoms with Gasteiger partial charge in [-0.25, -0.2) is 9.59 Å². The van der Waals surface area contributed by atoms with Crippen LogP contribution >= 0.6 is 0 Å². The van der Waals surface area contributed by atoms with Crippen LogP contribution in [0.1, 0.15) is 58.3 Å². The molecule has 0 unspecified atom stereocenters. The molecule has 5 rings (SSSR count). The first kappa shape index (κ1) is 24.5. The molecule has 0 aromatic heterocycles. The van der Waals surface area contributed by atoms with Crippen LogP contribution in [0.15, 0.2) is 53.6 Å². The zero-order valence-electron chi connectivity index (χ0n) is 21.5. The number of hydrogen-bond acceptors (Lipinski definition) is 7. The van der Waals surface area contributed by atoms with Crippen LogP contribution in [0, 0.1) is 29.1 Å². The molecule has 0 spiro atoms. The number of ketones is 1. The van der Waals surface area contributed by atoms with E-state index in [9.17, 15) is 19.2 Å². The summed E-state index contributed by atoms with van der Waals surface area (Å²) in [6.45, 7) is 10.7. The third kappa shape index (κ3) is 3.10. The number of ether oxygens (including phenoxy) is 3. The van der Waals surface area contributed by atoms with E-state index in [4.69, 9.17) is 14.2 Å². The van der Waals surface area contributed by atoms with Gasteiger partial charge in [0, 0.05) is 48.0 Å². The molecule has 1 aromatic carbocycles. The summed E-state index contributed by atoms with van der Waals surface area (Å²) in [6, 6.07) is 8.63. The summed E-state index contributed by atoms with van der Waals surface area (Å²) in [4.78, 5) is 51.4. The lowest BCUT2D eigenvalue weighted by Crippen LogP contribution is -2.65. The van der Waals surface area contributed by atoms with Crippen LogP contribution in [0.5, 0.6) is 0 Å². The van der Waals surface area contributed by atoms with Crippen molar-refractivity contribution in [3.05, 3.63) is 59.2 Å². The van der Waals surface area contributed by atoms with Gasteiger partial charge < -0.3 is 14.2 Å². The SMILES string of the molecule is CC(=O)O[C@@]12[C@H](OC(=O)c3ccccc3)[C@@H](C)[C@@]3([C@@H]4C=C(C)C(=O)C4)OC(=O)C(C)=C[C@H]3[C@@H]1C2(C)C. The summed E-state index contributed by atoms with van der Waals surface area (Å²) in [5.74, 6) is -3.02. The molecule has 7 heteroatoms. The van der Waals surface area contributed by atoms with E-state index < -0.39 is 46.5 Å². The fourth-order valence-corrected chi connectivity index (χ4v) is 7.40. The van der Waals surface area contributed by atoms with Gasteiger partial charge in [-0.3, -0.25) is 9.59 Å². The standard InChI is InChI=1S/C29H32O7/c1-15-12-20(14-22(15)31)28-17(3)24(34-26(33)19-10-8-7-9-11-19)29(35-18(4)30)23(27(29,5)6)21(28)13-16(2)25(32)36-28/h7-13,17,20-21,23-24H,14H2,1-6H3/t17-,20-,21+,23-,24-,28+,29-/m1/s1. The van der Waals surface area contributed by atoms with Crippen molar-refractivity contribution in [3.8, 4) is 0 Å². The number of carbonyl (C=O) groups excluding carboxylic acids is 4. The molecule has 190 valence electrons. The number of hydrogen-bond donors (Lipinski definition) is 0. The van der Waals surface area contributed by atoms with Gasteiger partial charge in [0.2, 0.25) is 0 Å². The average molecular weight is 493 g/mol. The lowest BCUT2D eigenvalue weighted by atomic mass is 9.59. The molecule has 0 amide bonds. The highest BCUT2D eigenvalue weighted by atomic mass is 16.6. The minimum atomic E-state index is -1.13. The summed E-state index contributed by atoms with van der Waals surface area (Å²) in [6.07, 6.45) is 3.12. The Hall–Kier alpha value is -3.22. The number of Topliss-reactive ketones (excluding diaryl/α,β-unsaturated/α-hetero) is 1. The third-order valence-electron chi connectivity index (χ3n) is 9.08. The molecule has 4 aliphatic rings. The molecular formula is C29H32O7. The van der Waals surface area contributed by atoms with Crippen LogP contribution in [0.3, 0.4) is 0 Å². The van der Waals surface area contributed by atoms with Crippen LogP contribution in [-0.4, -0.2) is 41.0 Å². The van der Waals surface area contributed by atoms with Gasteiger partial charge in [0.1, 0.15) is 11.7 Å². The van der Waals surface area contributed by atoms with Crippen molar-refractivity contribution < 1.29 is 33.4 Å². The fraction of sp³-hybridized carbons (Fsp3) is 0.517. The van der Waals surface area contributed by atoms with Crippen LogP contribution in [0.2, 0.25) is 0 Å². The van der Waals surface area contributed by atoms with Crippen molar-refractivity contribution in [2.24, 2.45) is 29.1 Å². The normalized spacial score (nSPS) is 38.1. The second-order valence-electron chi connectivity index (χ2n) is 11.3. The van der Waals surface area contributed by atoms with Crippen molar-refractivity contribution in [1.82, 2.24) is 0 Å². The van der Waals surface area contributed by atoms with E-state index in [1.807, 2.05) is 39.0 Å². The molecule has 1 aliphatic heterocycles. The smallest absolute Gasteiger partial charge is 0.338 e. The van der Waals surface area contributed by atoms with Gasteiger partial charge in [-0.15, -0.1) is 0 Å². The van der Waals surface area contributed by atoms with E-state index in [1.165, 1.54) is 6.92 Å². The highest BCUT2D eigenvalue weighted by molar-refractivity contribution is 5.98. The molecule has 7 nitrogen and oxygen atoms in total. The van der Waals surface area contributed by atoms with Gasteiger partial charge in [-0.1, -0.05) is 51.1 Å². The molecule has 0 saturated heterocycles. The maximum Gasteiger partial charge on any atom is 0.338 e. The van der Waals surface area contributed by atoms with Crippen molar-refractivity contribution >= 4 is 23.7 Å². The average Bonchev–Trinajstić information content (AvgIpc) is 3.09. The van der Waals surface area contributed by atoms with E-state index in [0.717, 1.165) is 0 Å². The highest BCUT2D eigenvalue weighted by Gasteiger charge is 2.88. The largest absolute Gasteiger partial charge is 0.454 e. The molecule has 36 heavy (non-hydrogen) atoms. The van der Waals surface area contributed by atoms with Gasteiger partial charge in [0.15, 0.2) is 11.4 Å². The number of fused-ring (bicyclic) bond motifs is 3. The van der Waals surface area contributed by atoms with E-state index in [1.54, 1.807) is 38.1 Å². The maximum absolute atomic E-state index is 13.3. The van der Waals surface area contributed by atoms with Gasteiger partial charge in [-0.2, -0.15) is 0 Å². The Morgan fingerprint density at radius 1 is 1.03 bits per heavy atom. The second-order valence-corrected chi connectivity index (χ2v) is 11.3. The summed E-state index contributed by atoms with van der Waals surface area (Å²) in [5.41, 5.74) is -1.33. The van der Waals surface area contributed by atoms with E-state index >= 15 is 0 Å². The van der Waals surface area contributed by atoms with Crippen molar-refractivity contribution in [2.45, 2.75) is 65.3 Å². The van der Waals surface area contributed by atoms with Crippen molar-refractivity contribution in [1.29, 1.82) is 0 Å². The Morgan fingerprint density at radius 3 is 2.28 bits per heavy atom. The number of allylic oxidation sites excluding steroid dienone is 1. The van der Waals surface area contributed by atoms with Crippen LogP contribution in [-0.2, 0) is 28.6 Å². The molecule has 2 fully saturated rings. The van der Waals surface area contributed by atoms with Crippen LogP contribution < -0.4 is 0 Å². The first-order chi connectivity index (χ1) is 16.9. The summed E-state index contributed by atoms with van der Waals surface area (Å²) >= 11 is 0. The van der Waals surface area contributed by atoms with Crippen LogP contribution in [0.4, 0.5) is 0 Å². The molecular weight excluding hydrogens is 460 g/mol. The number of carbonyl (C=O) groups is 4.